The van der Waals surface area contributed by atoms with E-state index in [0.717, 1.165) is 28.1 Å². The maximum atomic E-state index is 13.2. The molecule has 0 spiro atoms. The SMILES string of the molecule is Cc1ncc(CNC(=O)c2ncc(CNS(=O)(=O)c3ccc(F)c(Cl)c3)cn2)s1. The number of benzene rings is 1. The summed E-state index contributed by atoms with van der Waals surface area (Å²) in [7, 11) is -3.90. The summed E-state index contributed by atoms with van der Waals surface area (Å²) in [5, 5.41) is 3.30. The van der Waals surface area contributed by atoms with Crippen LogP contribution in [-0.2, 0) is 23.1 Å². The third-order valence-corrected chi connectivity index (χ3v) is 6.27. The van der Waals surface area contributed by atoms with Gasteiger partial charge in [-0.2, -0.15) is 0 Å². The summed E-state index contributed by atoms with van der Waals surface area (Å²) in [5.41, 5.74) is 0.441. The number of carbonyl (C=O) groups is 1. The fourth-order valence-corrected chi connectivity index (χ4v) is 4.23. The van der Waals surface area contributed by atoms with E-state index in [1.54, 1.807) is 6.20 Å². The molecule has 12 heteroatoms. The molecular weight excluding hydrogens is 441 g/mol. The van der Waals surface area contributed by atoms with Crippen molar-refractivity contribution in [1.82, 2.24) is 25.0 Å². The van der Waals surface area contributed by atoms with Gasteiger partial charge in [0.25, 0.3) is 5.91 Å². The zero-order chi connectivity index (χ0) is 21.0. The predicted molar refractivity (Wildman–Crippen MR) is 105 cm³/mol. The van der Waals surface area contributed by atoms with Crippen molar-refractivity contribution in [1.29, 1.82) is 0 Å². The number of hydrogen-bond acceptors (Lipinski definition) is 7. The number of nitrogens with one attached hydrogen (secondary N) is 2. The van der Waals surface area contributed by atoms with E-state index in [0.29, 0.717) is 12.1 Å². The number of nitrogens with zero attached hydrogens (tertiary/aromatic N) is 3. The summed E-state index contributed by atoms with van der Waals surface area (Å²) in [6.45, 7) is 2.07. The van der Waals surface area contributed by atoms with Gasteiger partial charge in [0.1, 0.15) is 5.82 Å². The Labute approximate surface area is 175 Å². The number of rotatable bonds is 7. The molecule has 8 nitrogen and oxygen atoms in total. The first-order valence-electron chi connectivity index (χ1n) is 8.20. The summed E-state index contributed by atoms with van der Waals surface area (Å²) in [6.07, 6.45) is 4.38. The second-order valence-corrected chi connectivity index (χ2v) is 9.34. The quantitative estimate of drug-likeness (QED) is 0.565. The van der Waals surface area contributed by atoms with Gasteiger partial charge in [-0.3, -0.25) is 4.79 Å². The molecule has 0 aliphatic rings. The number of carbonyl (C=O) groups excluding carboxylic acids is 1. The first-order chi connectivity index (χ1) is 13.7. The number of hydrogen-bond donors (Lipinski definition) is 2. The molecule has 1 aromatic carbocycles. The van der Waals surface area contributed by atoms with Crippen molar-refractivity contribution in [2.45, 2.75) is 24.9 Å². The van der Waals surface area contributed by atoms with Crippen LogP contribution < -0.4 is 10.0 Å². The molecular formula is C17H15ClFN5O3S2. The van der Waals surface area contributed by atoms with Crippen molar-refractivity contribution in [3.05, 3.63) is 68.9 Å². The Bertz CT molecular complexity index is 1140. The number of sulfonamides is 1. The van der Waals surface area contributed by atoms with Gasteiger partial charge in [-0.15, -0.1) is 11.3 Å². The van der Waals surface area contributed by atoms with Crippen LogP contribution in [0.25, 0.3) is 0 Å². The van der Waals surface area contributed by atoms with E-state index < -0.39 is 21.7 Å². The van der Waals surface area contributed by atoms with Gasteiger partial charge >= 0.3 is 0 Å². The largest absolute Gasteiger partial charge is 0.344 e. The Morgan fingerprint density at radius 3 is 2.52 bits per heavy atom. The third-order valence-electron chi connectivity index (χ3n) is 3.67. The normalized spacial score (nSPS) is 11.4. The molecule has 3 aromatic rings. The Hall–Kier alpha value is -2.47. The van der Waals surface area contributed by atoms with Crippen molar-refractivity contribution in [2.75, 3.05) is 0 Å². The van der Waals surface area contributed by atoms with Gasteiger partial charge in [-0.05, 0) is 25.1 Å². The average molecular weight is 456 g/mol. The molecule has 0 aliphatic heterocycles. The summed E-state index contributed by atoms with van der Waals surface area (Å²) >= 11 is 7.10. The van der Waals surface area contributed by atoms with E-state index in [2.05, 4.69) is 25.0 Å². The lowest BCUT2D eigenvalue weighted by Gasteiger charge is -2.08. The highest BCUT2D eigenvalue weighted by atomic mass is 35.5. The average Bonchev–Trinajstić information content (AvgIpc) is 3.12. The molecule has 0 bridgehead atoms. The lowest BCUT2D eigenvalue weighted by atomic mass is 10.3. The predicted octanol–water partition coefficient (Wildman–Crippen LogP) is 2.44. The van der Waals surface area contributed by atoms with Crippen LogP contribution in [0, 0.1) is 12.7 Å². The van der Waals surface area contributed by atoms with Gasteiger partial charge in [-0.25, -0.2) is 32.5 Å². The van der Waals surface area contributed by atoms with Gasteiger partial charge in [0.05, 0.1) is 21.5 Å². The lowest BCUT2D eigenvalue weighted by Crippen LogP contribution is -2.25. The molecule has 0 atom stereocenters. The van der Waals surface area contributed by atoms with Crippen molar-refractivity contribution < 1.29 is 17.6 Å². The molecule has 0 saturated heterocycles. The molecule has 0 unspecified atom stereocenters. The van der Waals surface area contributed by atoms with Crippen molar-refractivity contribution in [3.8, 4) is 0 Å². The molecule has 0 radical (unpaired) electrons. The van der Waals surface area contributed by atoms with E-state index in [1.165, 1.54) is 23.7 Å². The monoisotopic (exact) mass is 455 g/mol. The zero-order valence-electron chi connectivity index (χ0n) is 15.0. The van der Waals surface area contributed by atoms with Crippen LogP contribution >= 0.6 is 22.9 Å². The second kappa shape index (κ2) is 8.91. The standard InChI is InChI=1S/C17H15ClFN5O3S2/c1-10-20-8-12(28-10)9-23-17(25)16-21-5-11(6-22-16)7-24-29(26,27)13-2-3-15(19)14(18)4-13/h2-6,8,24H,7,9H2,1H3,(H,23,25). The van der Waals surface area contributed by atoms with Crippen LogP contribution in [0.15, 0.2) is 41.7 Å². The van der Waals surface area contributed by atoms with Crippen molar-refractivity contribution in [2.24, 2.45) is 0 Å². The van der Waals surface area contributed by atoms with Crippen LogP contribution in [0.4, 0.5) is 4.39 Å². The number of aryl methyl sites for hydroxylation is 1. The highest BCUT2D eigenvalue weighted by molar-refractivity contribution is 7.89. The number of thiazole rings is 1. The van der Waals surface area contributed by atoms with E-state index in [9.17, 15) is 17.6 Å². The minimum atomic E-state index is -3.90. The van der Waals surface area contributed by atoms with Crippen molar-refractivity contribution in [3.63, 3.8) is 0 Å². The molecule has 1 amide bonds. The maximum absolute atomic E-state index is 13.2. The van der Waals surface area contributed by atoms with Gasteiger partial charge < -0.3 is 5.32 Å². The Morgan fingerprint density at radius 1 is 1.17 bits per heavy atom. The van der Waals surface area contributed by atoms with Crippen molar-refractivity contribution >= 4 is 38.9 Å². The summed E-state index contributed by atoms with van der Waals surface area (Å²) in [6, 6.07) is 3.10. The maximum Gasteiger partial charge on any atom is 0.289 e. The smallest absolute Gasteiger partial charge is 0.289 e. The Morgan fingerprint density at radius 2 is 1.90 bits per heavy atom. The van der Waals surface area contributed by atoms with Gasteiger partial charge in [0, 0.05) is 35.6 Å². The van der Waals surface area contributed by atoms with Crippen LogP contribution in [0.1, 0.15) is 26.1 Å². The molecule has 2 N–H and O–H groups in total. The molecule has 29 heavy (non-hydrogen) atoms. The number of amides is 1. The molecule has 2 aromatic heterocycles. The zero-order valence-corrected chi connectivity index (χ0v) is 17.4. The fraction of sp³-hybridized carbons (Fsp3) is 0.176. The van der Waals surface area contributed by atoms with Gasteiger partial charge in [-0.1, -0.05) is 11.6 Å². The minimum Gasteiger partial charge on any atom is -0.344 e. The van der Waals surface area contributed by atoms with Crippen LogP contribution in [0.2, 0.25) is 5.02 Å². The van der Waals surface area contributed by atoms with E-state index in [4.69, 9.17) is 11.6 Å². The summed E-state index contributed by atoms with van der Waals surface area (Å²) in [4.78, 5) is 24.8. The fourth-order valence-electron chi connectivity index (χ4n) is 2.20. The highest BCUT2D eigenvalue weighted by Gasteiger charge is 2.16. The second-order valence-electron chi connectivity index (χ2n) is 5.84. The van der Waals surface area contributed by atoms with Crippen LogP contribution in [0.5, 0.6) is 0 Å². The minimum absolute atomic E-state index is 0.0387. The van der Waals surface area contributed by atoms with Crippen LogP contribution in [-0.4, -0.2) is 29.3 Å². The number of aromatic nitrogens is 3. The summed E-state index contributed by atoms with van der Waals surface area (Å²) < 4.78 is 40.1. The summed E-state index contributed by atoms with van der Waals surface area (Å²) in [5.74, 6) is -1.20. The molecule has 152 valence electrons. The van der Waals surface area contributed by atoms with E-state index >= 15 is 0 Å². The third kappa shape index (κ3) is 5.54. The molecule has 3 rings (SSSR count). The highest BCUT2D eigenvalue weighted by Crippen LogP contribution is 2.19. The van der Waals surface area contributed by atoms with Gasteiger partial charge in [0.2, 0.25) is 15.8 Å². The molecule has 0 aliphatic carbocycles. The van der Waals surface area contributed by atoms with E-state index in [1.807, 2.05) is 6.92 Å². The first kappa shape index (κ1) is 21.2. The lowest BCUT2D eigenvalue weighted by molar-refractivity contribution is 0.0940. The topological polar surface area (TPSA) is 114 Å². The molecule has 0 saturated carbocycles. The van der Waals surface area contributed by atoms with Gasteiger partial charge in [0.15, 0.2) is 0 Å². The van der Waals surface area contributed by atoms with Crippen LogP contribution in [0.3, 0.4) is 0 Å². The number of halogens is 2. The molecule has 0 fully saturated rings. The van der Waals surface area contributed by atoms with E-state index in [-0.39, 0.29) is 22.3 Å². The molecule has 2 heterocycles. The Balaban J connectivity index is 1.58. The first-order valence-corrected chi connectivity index (χ1v) is 10.9. The Kier molecular flexibility index (Phi) is 6.52.